The van der Waals surface area contributed by atoms with Crippen molar-refractivity contribution in [2.45, 2.75) is 19.3 Å². The number of aliphatic hydroxyl groups is 2. The topological polar surface area (TPSA) is 54.6 Å². The predicted octanol–water partition coefficient (Wildman–Crippen LogP) is 3.23. The third-order valence-corrected chi connectivity index (χ3v) is 4.03. The van der Waals surface area contributed by atoms with Crippen LogP contribution in [0.15, 0.2) is 54.7 Å². The zero-order chi connectivity index (χ0) is 16.2. The largest absolute Gasteiger partial charge is 0.489 e. The summed E-state index contributed by atoms with van der Waals surface area (Å²) in [5.74, 6) is 0.557. The summed E-state index contributed by atoms with van der Waals surface area (Å²) < 4.78 is 7.50. The highest BCUT2D eigenvalue weighted by Gasteiger charge is 2.12. The second-order valence-corrected chi connectivity index (χ2v) is 5.78. The van der Waals surface area contributed by atoms with Gasteiger partial charge in [-0.3, -0.25) is 0 Å². The Morgan fingerprint density at radius 2 is 1.83 bits per heavy atom. The van der Waals surface area contributed by atoms with Crippen molar-refractivity contribution in [1.29, 1.82) is 0 Å². The third kappa shape index (κ3) is 3.50. The summed E-state index contributed by atoms with van der Waals surface area (Å²) in [6, 6.07) is 15.0. The fraction of sp³-hybridized carbons (Fsp3) is 0.222. The highest BCUT2D eigenvalue weighted by molar-refractivity contribution is 6.32. The molecule has 2 N–H and O–H groups in total. The van der Waals surface area contributed by atoms with Crippen LogP contribution in [0.2, 0.25) is 5.02 Å². The maximum Gasteiger partial charge on any atom is 0.138 e. The molecular weight excluding hydrogens is 314 g/mol. The van der Waals surface area contributed by atoms with Crippen molar-refractivity contribution in [2.24, 2.45) is 0 Å². The Morgan fingerprint density at radius 3 is 2.61 bits per heavy atom. The molecule has 0 amide bonds. The number of nitrogens with zero attached hydrogens (tertiary/aromatic N) is 1. The number of halogens is 1. The predicted molar refractivity (Wildman–Crippen MR) is 90.8 cm³/mol. The molecule has 0 aliphatic heterocycles. The SMILES string of the molecule is OCc1cn(CC(O)COc2ccccc2Cl)c2ccccc12. The molecule has 0 saturated heterocycles. The lowest BCUT2D eigenvalue weighted by Crippen LogP contribution is -2.23. The number of aliphatic hydroxyl groups excluding tert-OH is 2. The van der Waals surface area contributed by atoms with Gasteiger partial charge in [0.25, 0.3) is 0 Å². The van der Waals surface area contributed by atoms with Gasteiger partial charge in [0.1, 0.15) is 18.5 Å². The summed E-state index contributed by atoms with van der Waals surface area (Å²) in [4.78, 5) is 0. The molecule has 3 aromatic rings. The van der Waals surface area contributed by atoms with Gasteiger partial charge in [0.15, 0.2) is 0 Å². The van der Waals surface area contributed by atoms with Crippen LogP contribution in [-0.2, 0) is 13.2 Å². The minimum Gasteiger partial charge on any atom is -0.489 e. The first kappa shape index (κ1) is 15.9. The normalized spacial score (nSPS) is 12.5. The van der Waals surface area contributed by atoms with Gasteiger partial charge in [-0.05, 0) is 18.2 Å². The summed E-state index contributed by atoms with van der Waals surface area (Å²) in [5, 5.41) is 21.2. The highest BCUT2D eigenvalue weighted by Crippen LogP contribution is 2.24. The van der Waals surface area contributed by atoms with Gasteiger partial charge >= 0.3 is 0 Å². The molecule has 1 unspecified atom stereocenters. The first-order valence-electron chi connectivity index (χ1n) is 7.42. The van der Waals surface area contributed by atoms with Gasteiger partial charge in [0.05, 0.1) is 18.2 Å². The Morgan fingerprint density at radius 1 is 1.09 bits per heavy atom. The van der Waals surface area contributed by atoms with Gasteiger partial charge in [0.2, 0.25) is 0 Å². The third-order valence-electron chi connectivity index (χ3n) is 3.72. The van der Waals surface area contributed by atoms with Crippen molar-refractivity contribution < 1.29 is 14.9 Å². The molecule has 0 bridgehead atoms. The minimum atomic E-state index is -0.686. The van der Waals surface area contributed by atoms with Crippen molar-refractivity contribution >= 4 is 22.5 Å². The molecule has 23 heavy (non-hydrogen) atoms. The van der Waals surface area contributed by atoms with Crippen LogP contribution < -0.4 is 4.74 Å². The summed E-state index contributed by atoms with van der Waals surface area (Å²) in [5.41, 5.74) is 1.83. The molecule has 1 atom stereocenters. The van der Waals surface area contributed by atoms with Crippen LogP contribution in [0.4, 0.5) is 0 Å². The van der Waals surface area contributed by atoms with Crippen LogP contribution in [-0.4, -0.2) is 27.5 Å². The standard InChI is InChI=1S/C18H18ClNO3/c19-16-6-2-4-8-18(16)23-12-14(22)10-20-9-13(11-21)15-5-1-3-7-17(15)20/h1-9,14,21-22H,10-12H2. The van der Waals surface area contributed by atoms with Gasteiger partial charge in [-0.15, -0.1) is 0 Å². The highest BCUT2D eigenvalue weighted by atomic mass is 35.5. The molecule has 120 valence electrons. The molecule has 2 aromatic carbocycles. The van der Waals surface area contributed by atoms with E-state index in [0.29, 0.717) is 17.3 Å². The quantitative estimate of drug-likeness (QED) is 0.729. The monoisotopic (exact) mass is 331 g/mol. The molecule has 0 aliphatic rings. The Labute approximate surface area is 139 Å². The number of hydrogen-bond donors (Lipinski definition) is 2. The Hall–Kier alpha value is -2.01. The van der Waals surface area contributed by atoms with Crippen LogP contribution >= 0.6 is 11.6 Å². The van der Waals surface area contributed by atoms with E-state index in [-0.39, 0.29) is 13.2 Å². The molecule has 3 rings (SSSR count). The Balaban J connectivity index is 1.71. The molecule has 0 radical (unpaired) electrons. The molecular formula is C18H18ClNO3. The fourth-order valence-corrected chi connectivity index (χ4v) is 2.82. The van der Waals surface area contributed by atoms with Crippen LogP contribution in [0, 0.1) is 0 Å². The van der Waals surface area contributed by atoms with Crippen molar-refractivity contribution in [3.05, 3.63) is 65.3 Å². The maximum absolute atomic E-state index is 10.2. The average Bonchev–Trinajstić information content (AvgIpc) is 2.92. The molecule has 5 heteroatoms. The number of para-hydroxylation sites is 2. The van der Waals surface area contributed by atoms with Gasteiger partial charge < -0.3 is 19.5 Å². The number of aromatic nitrogens is 1. The van der Waals surface area contributed by atoms with Gasteiger partial charge in [-0.25, -0.2) is 0 Å². The fourth-order valence-electron chi connectivity index (χ4n) is 2.63. The second-order valence-electron chi connectivity index (χ2n) is 5.38. The molecule has 0 aliphatic carbocycles. The van der Waals surface area contributed by atoms with E-state index in [2.05, 4.69) is 0 Å². The van der Waals surface area contributed by atoms with Crippen LogP contribution in [0.1, 0.15) is 5.56 Å². The molecule has 0 saturated carbocycles. The van der Waals surface area contributed by atoms with E-state index < -0.39 is 6.10 Å². The van der Waals surface area contributed by atoms with E-state index in [1.54, 1.807) is 12.1 Å². The first-order valence-corrected chi connectivity index (χ1v) is 7.80. The smallest absolute Gasteiger partial charge is 0.138 e. The van der Waals surface area contributed by atoms with Gasteiger partial charge in [-0.2, -0.15) is 0 Å². The maximum atomic E-state index is 10.2. The van der Waals surface area contributed by atoms with Crippen molar-refractivity contribution in [2.75, 3.05) is 6.61 Å². The second kappa shape index (κ2) is 7.04. The lowest BCUT2D eigenvalue weighted by Gasteiger charge is -2.14. The van der Waals surface area contributed by atoms with Crippen molar-refractivity contribution in [3.8, 4) is 5.75 Å². The zero-order valence-corrected chi connectivity index (χ0v) is 13.3. The van der Waals surface area contributed by atoms with E-state index >= 15 is 0 Å². The first-order chi connectivity index (χ1) is 11.2. The molecule has 0 spiro atoms. The molecule has 4 nitrogen and oxygen atoms in total. The number of benzene rings is 2. The summed E-state index contributed by atoms with van der Waals surface area (Å²) >= 11 is 6.03. The lowest BCUT2D eigenvalue weighted by molar-refractivity contribution is 0.0935. The lowest BCUT2D eigenvalue weighted by atomic mass is 10.2. The summed E-state index contributed by atoms with van der Waals surface area (Å²) in [6.07, 6.45) is 1.18. The Kier molecular flexibility index (Phi) is 4.86. The van der Waals surface area contributed by atoms with E-state index in [1.165, 1.54) is 0 Å². The number of hydrogen-bond acceptors (Lipinski definition) is 3. The van der Waals surface area contributed by atoms with Gasteiger partial charge in [0, 0.05) is 22.7 Å². The van der Waals surface area contributed by atoms with E-state index in [9.17, 15) is 10.2 Å². The minimum absolute atomic E-state index is 0.0280. The molecule has 1 heterocycles. The van der Waals surface area contributed by atoms with E-state index in [4.69, 9.17) is 16.3 Å². The van der Waals surface area contributed by atoms with E-state index in [1.807, 2.05) is 47.2 Å². The Bertz CT molecular complexity index is 800. The van der Waals surface area contributed by atoms with Crippen LogP contribution in [0.5, 0.6) is 5.75 Å². The van der Waals surface area contributed by atoms with Crippen molar-refractivity contribution in [1.82, 2.24) is 4.57 Å². The van der Waals surface area contributed by atoms with Gasteiger partial charge in [-0.1, -0.05) is 41.9 Å². The summed E-state index contributed by atoms with van der Waals surface area (Å²) in [7, 11) is 0. The van der Waals surface area contributed by atoms with Crippen LogP contribution in [0.25, 0.3) is 10.9 Å². The molecule has 1 aromatic heterocycles. The zero-order valence-electron chi connectivity index (χ0n) is 12.5. The van der Waals surface area contributed by atoms with Crippen LogP contribution in [0.3, 0.4) is 0 Å². The van der Waals surface area contributed by atoms with Crippen molar-refractivity contribution in [3.63, 3.8) is 0 Å². The number of fused-ring (bicyclic) bond motifs is 1. The number of rotatable bonds is 6. The van der Waals surface area contributed by atoms with E-state index in [0.717, 1.165) is 16.5 Å². The number of ether oxygens (including phenoxy) is 1. The molecule has 0 fully saturated rings. The average molecular weight is 332 g/mol. The summed E-state index contributed by atoms with van der Waals surface area (Å²) in [6.45, 7) is 0.495.